The van der Waals surface area contributed by atoms with E-state index < -0.39 is 42.7 Å². The number of hydrogen-bond acceptors (Lipinski definition) is 8. The monoisotopic (exact) mass is 313 g/mol. The van der Waals surface area contributed by atoms with Crippen LogP contribution in [-0.2, 0) is 4.79 Å². The number of amides is 1. The van der Waals surface area contributed by atoms with Crippen LogP contribution >= 0.6 is 0 Å². The van der Waals surface area contributed by atoms with Crippen molar-refractivity contribution in [3.8, 4) is 0 Å². The van der Waals surface area contributed by atoms with Crippen LogP contribution in [0.1, 0.15) is 17.3 Å². The Bertz CT molecular complexity index is 538. The highest BCUT2D eigenvalue weighted by Gasteiger charge is 2.37. The highest BCUT2D eigenvalue weighted by molar-refractivity contribution is 6.05. The van der Waals surface area contributed by atoms with Crippen LogP contribution in [0, 0.1) is 0 Å². The smallest absolute Gasteiger partial charge is 0.217 e. The molecule has 0 aliphatic heterocycles. The molecule has 7 N–H and O–H groups in total. The second-order valence-corrected chi connectivity index (χ2v) is 4.71. The number of aliphatic hydroxyl groups is 4. The van der Waals surface area contributed by atoms with Crippen molar-refractivity contribution in [3.63, 3.8) is 0 Å². The minimum atomic E-state index is -1.85. The molecule has 0 spiro atoms. The zero-order chi connectivity index (χ0) is 16.9. The first-order chi connectivity index (χ1) is 10.3. The topological polar surface area (TPSA) is 166 Å². The van der Waals surface area contributed by atoms with Gasteiger partial charge in [0.2, 0.25) is 5.91 Å². The van der Waals surface area contributed by atoms with E-state index in [9.17, 15) is 24.9 Å². The van der Waals surface area contributed by atoms with E-state index in [-0.39, 0.29) is 11.4 Å². The Kier molecular flexibility index (Phi) is 6.38. The Labute approximate surface area is 126 Å². The molecular weight excluding hydrogens is 294 g/mol. The van der Waals surface area contributed by atoms with Gasteiger partial charge in [-0.05, 0) is 12.1 Å². The molecule has 4 atom stereocenters. The normalized spacial score (nSPS) is 16.4. The molecule has 0 radical (unpaired) electrons. The highest BCUT2D eigenvalue weighted by atomic mass is 16.4. The lowest BCUT2D eigenvalue weighted by molar-refractivity contribution is -0.122. The second kappa shape index (κ2) is 7.80. The fraction of sp³-hybridized carbons (Fsp3) is 0.462. The van der Waals surface area contributed by atoms with Gasteiger partial charge in [0, 0.05) is 13.1 Å². The van der Waals surface area contributed by atoms with E-state index in [1.165, 1.54) is 18.3 Å². The Morgan fingerprint density at radius 3 is 2.45 bits per heavy atom. The predicted molar refractivity (Wildman–Crippen MR) is 75.7 cm³/mol. The second-order valence-electron chi connectivity index (χ2n) is 4.71. The summed E-state index contributed by atoms with van der Waals surface area (Å²) in [5.41, 5.74) is 5.52. The molecule has 0 aliphatic rings. The summed E-state index contributed by atoms with van der Waals surface area (Å²) >= 11 is 0. The Balaban J connectivity index is 3.10. The van der Waals surface area contributed by atoms with E-state index >= 15 is 0 Å². The molecule has 9 heteroatoms. The van der Waals surface area contributed by atoms with Crippen LogP contribution in [0.2, 0.25) is 0 Å². The van der Waals surface area contributed by atoms with Gasteiger partial charge in [-0.2, -0.15) is 0 Å². The van der Waals surface area contributed by atoms with Crippen molar-refractivity contribution in [3.05, 3.63) is 23.9 Å². The molecule has 1 heterocycles. The minimum absolute atomic E-state index is 0.0500. The maximum Gasteiger partial charge on any atom is 0.217 e. The first-order valence-electron chi connectivity index (χ1n) is 6.46. The standard InChI is InChI=1S/C13H19N3O6/c1-6(18)16-9(12(22)11(21)8(19)5-17)10(20)7-3-2-4-15-13(7)14/h2-4,8-9,11-12,17,19,21-22H,5H2,1H3,(H2,14,15)(H,16,18)/t8-,9+,11-,12-/m1/s1. The number of nitrogen functional groups attached to an aromatic ring is 1. The maximum atomic E-state index is 12.4. The molecule has 0 saturated heterocycles. The van der Waals surface area contributed by atoms with E-state index in [1.54, 1.807) is 0 Å². The number of aromatic nitrogens is 1. The van der Waals surface area contributed by atoms with Crippen LogP contribution in [0.15, 0.2) is 18.3 Å². The zero-order valence-electron chi connectivity index (χ0n) is 11.9. The van der Waals surface area contributed by atoms with Gasteiger partial charge in [0.05, 0.1) is 12.2 Å². The third-order valence-corrected chi connectivity index (χ3v) is 3.02. The first-order valence-corrected chi connectivity index (χ1v) is 6.46. The van der Waals surface area contributed by atoms with Gasteiger partial charge in [-0.1, -0.05) is 0 Å². The number of aliphatic hydroxyl groups excluding tert-OH is 4. The number of rotatable bonds is 7. The van der Waals surface area contributed by atoms with Crippen LogP contribution in [0.25, 0.3) is 0 Å². The maximum absolute atomic E-state index is 12.4. The quantitative estimate of drug-likeness (QED) is 0.299. The summed E-state index contributed by atoms with van der Waals surface area (Å²) in [7, 11) is 0. The number of carbonyl (C=O) groups is 2. The van der Waals surface area contributed by atoms with E-state index in [2.05, 4.69) is 10.3 Å². The summed E-state index contributed by atoms with van der Waals surface area (Å²) < 4.78 is 0. The average molecular weight is 313 g/mol. The molecule has 1 amide bonds. The molecule has 1 aromatic rings. The summed E-state index contributed by atoms with van der Waals surface area (Å²) in [6.07, 6.45) is -4.01. The lowest BCUT2D eigenvalue weighted by atomic mass is 9.94. The van der Waals surface area contributed by atoms with Crippen molar-refractivity contribution in [2.45, 2.75) is 31.3 Å². The summed E-state index contributed by atoms with van der Waals surface area (Å²) in [4.78, 5) is 27.4. The van der Waals surface area contributed by atoms with Crippen molar-refractivity contribution in [1.29, 1.82) is 0 Å². The number of hydrogen-bond donors (Lipinski definition) is 6. The van der Waals surface area contributed by atoms with Gasteiger partial charge in [-0.3, -0.25) is 9.59 Å². The molecular formula is C13H19N3O6. The number of ketones is 1. The molecule has 9 nitrogen and oxygen atoms in total. The SMILES string of the molecule is CC(=O)N[C@@H](C(=O)c1cccnc1N)[C@@H](O)[C@H](O)[C@H](O)CO. The van der Waals surface area contributed by atoms with Crippen LogP contribution < -0.4 is 11.1 Å². The molecule has 1 rings (SSSR count). The molecule has 0 aliphatic carbocycles. The number of Topliss-reactive ketones (excluding diaryl/α,β-unsaturated/α-hetero) is 1. The Hall–Kier alpha value is -2.07. The lowest BCUT2D eigenvalue weighted by Crippen LogP contribution is -2.55. The summed E-state index contributed by atoms with van der Waals surface area (Å²) in [6.45, 7) is 0.294. The fourth-order valence-corrected chi connectivity index (χ4v) is 1.85. The van der Waals surface area contributed by atoms with Gasteiger partial charge in [-0.25, -0.2) is 4.98 Å². The van der Waals surface area contributed by atoms with Crippen molar-refractivity contribution >= 4 is 17.5 Å². The molecule has 22 heavy (non-hydrogen) atoms. The number of nitrogens with zero attached hydrogens (tertiary/aromatic N) is 1. The zero-order valence-corrected chi connectivity index (χ0v) is 11.9. The summed E-state index contributed by atoms with van der Waals surface area (Å²) in [6, 6.07) is 1.24. The minimum Gasteiger partial charge on any atom is -0.394 e. The van der Waals surface area contributed by atoms with Gasteiger partial charge >= 0.3 is 0 Å². The Morgan fingerprint density at radius 1 is 1.32 bits per heavy atom. The number of nitrogens with two attached hydrogens (primary N) is 1. The van der Waals surface area contributed by atoms with Crippen LogP contribution in [0.5, 0.6) is 0 Å². The van der Waals surface area contributed by atoms with Gasteiger partial charge < -0.3 is 31.5 Å². The van der Waals surface area contributed by atoms with E-state index in [0.29, 0.717) is 0 Å². The largest absolute Gasteiger partial charge is 0.394 e. The first kappa shape index (κ1) is 18.0. The van der Waals surface area contributed by atoms with Crippen molar-refractivity contribution in [2.24, 2.45) is 0 Å². The lowest BCUT2D eigenvalue weighted by Gasteiger charge is -2.28. The van der Waals surface area contributed by atoms with Crippen LogP contribution in [0.4, 0.5) is 5.82 Å². The van der Waals surface area contributed by atoms with Gasteiger partial charge in [0.15, 0.2) is 5.78 Å². The highest BCUT2D eigenvalue weighted by Crippen LogP contribution is 2.15. The molecule has 0 saturated carbocycles. The average Bonchev–Trinajstić information content (AvgIpc) is 2.50. The number of anilines is 1. The third-order valence-electron chi connectivity index (χ3n) is 3.02. The molecule has 0 aromatic carbocycles. The summed E-state index contributed by atoms with van der Waals surface area (Å²) in [5.74, 6) is -1.52. The molecule has 0 unspecified atom stereocenters. The van der Waals surface area contributed by atoms with Crippen LogP contribution in [-0.4, -0.2) is 68.1 Å². The molecule has 1 aromatic heterocycles. The number of pyridine rings is 1. The number of nitrogens with one attached hydrogen (secondary N) is 1. The third kappa shape index (κ3) is 4.21. The fourth-order valence-electron chi connectivity index (χ4n) is 1.85. The summed E-state index contributed by atoms with van der Waals surface area (Å²) in [5, 5.41) is 40.1. The van der Waals surface area contributed by atoms with E-state index in [0.717, 1.165) is 6.92 Å². The van der Waals surface area contributed by atoms with Gasteiger partial charge in [0.1, 0.15) is 30.2 Å². The van der Waals surface area contributed by atoms with Gasteiger partial charge in [0.25, 0.3) is 0 Å². The number of carbonyl (C=O) groups excluding carboxylic acids is 2. The molecule has 0 bridgehead atoms. The molecule has 0 fully saturated rings. The van der Waals surface area contributed by atoms with E-state index in [4.69, 9.17) is 10.8 Å². The van der Waals surface area contributed by atoms with Crippen molar-refractivity contribution in [2.75, 3.05) is 12.3 Å². The van der Waals surface area contributed by atoms with E-state index in [1.807, 2.05) is 0 Å². The van der Waals surface area contributed by atoms with Crippen molar-refractivity contribution in [1.82, 2.24) is 10.3 Å². The predicted octanol–water partition coefficient (Wildman–Crippen LogP) is -2.57. The molecule has 122 valence electrons. The van der Waals surface area contributed by atoms with Gasteiger partial charge in [-0.15, -0.1) is 0 Å². The van der Waals surface area contributed by atoms with Crippen molar-refractivity contribution < 1.29 is 30.0 Å². The van der Waals surface area contributed by atoms with Crippen LogP contribution in [0.3, 0.4) is 0 Å². The Morgan fingerprint density at radius 2 is 1.95 bits per heavy atom.